The summed E-state index contributed by atoms with van der Waals surface area (Å²) in [5.74, 6) is 4.33. The topological polar surface area (TPSA) is 88.2 Å². The normalized spacial score (nSPS) is 14.3. The zero-order chi connectivity index (χ0) is 24.5. The van der Waals surface area contributed by atoms with Crippen molar-refractivity contribution >= 4 is 23.4 Å². The van der Waals surface area contributed by atoms with Crippen LogP contribution in [0.4, 0.5) is 17.5 Å². The van der Waals surface area contributed by atoms with Crippen molar-refractivity contribution in [2.24, 2.45) is 5.92 Å². The molecular weight excluding hydrogens is 438 g/mol. The predicted molar refractivity (Wildman–Crippen MR) is 137 cm³/mol. The molecule has 1 unspecified atom stereocenters. The molecule has 178 valence electrons. The minimum absolute atomic E-state index is 0.0644. The fourth-order valence-electron chi connectivity index (χ4n) is 4.35. The lowest BCUT2D eigenvalue weighted by molar-refractivity contribution is -0.123. The van der Waals surface area contributed by atoms with E-state index in [9.17, 15) is 4.79 Å². The Labute approximate surface area is 206 Å². The Bertz CT molecular complexity index is 1200. The Hall–Kier alpha value is -4.30. The van der Waals surface area contributed by atoms with E-state index in [1.807, 2.05) is 47.3 Å². The van der Waals surface area contributed by atoms with Gasteiger partial charge in [-0.15, -0.1) is 6.42 Å². The van der Waals surface area contributed by atoms with E-state index < -0.39 is 6.04 Å². The number of anilines is 2. The van der Waals surface area contributed by atoms with Crippen molar-refractivity contribution in [2.75, 3.05) is 17.2 Å². The highest BCUT2D eigenvalue weighted by atomic mass is 16.2. The number of terminal acetylenes is 1. The summed E-state index contributed by atoms with van der Waals surface area (Å²) < 4.78 is 1.89. The molecule has 0 spiro atoms. The Morgan fingerprint density at radius 1 is 1.17 bits per heavy atom. The lowest BCUT2D eigenvalue weighted by Gasteiger charge is -2.30. The zero-order valence-electron chi connectivity index (χ0n) is 19.6. The van der Waals surface area contributed by atoms with Crippen LogP contribution in [-0.4, -0.2) is 33.0 Å². The lowest BCUT2D eigenvalue weighted by atomic mass is 9.83. The summed E-state index contributed by atoms with van der Waals surface area (Å²) in [6.07, 6.45) is 14.6. The second kappa shape index (κ2) is 11.7. The summed E-state index contributed by atoms with van der Waals surface area (Å²) in [5.41, 5.74) is 1.53. The molecule has 1 fully saturated rings. The molecule has 3 aromatic rings. The van der Waals surface area contributed by atoms with Crippen molar-refractivity contribution in [1.29, 1.82) is 0 Å². The van der Waals surface area contributed by atoms with Gasteiger partial charge >= 0.3 is 0 Å². The van der Waals surface area contributed by atoms with E-state index in [4.69, 9.17) is 13.0 Å². The molecule has 1 amide bonds. The van der Waals surface area contributed by atoms with Gasteiger partial charge in [0.25, 0.3) is 0 Å². The quantitative estimate of drug-likeness (QED) is 0.318. The van der Waals surface area contributed by atoms with Crippen LogP contribution in [-0.2, 0) is 11.3 Å². The monoisotopic (exact) mass is 467 g/mol. The van der Waals surface area contributed by atoms with Crippen molar-refractivity contribution < 1.29 is 4.79 Å². The number of benzene rings is 1. The molecule has 1 aliphatic rings. The molecule has 8 nitrogen and oxygen atoms in total. The molecule has 1 atom stereocenters. The van der Waals surface area contributed by atoms with Crippen LogP contribution >= 0.6 is 0 Å². The van der Waals surface area contributed by atoms with Gasteiger partial charge in [0.2, 0.25) is 11.9 Å². The summed E-state index contributed by atoms with van der Waals surface area (Å²) in [6.45, 7) is 7.79. The predicted octanol–water partition coefficient (Wildman–Crippen LogP) is 4.54. The maximum absolute atomic E-state index is 13.4. The zero-order valence-corrected chi connectivity index (χ0v) is 19.6. The van der Waals surface area contributed by atoms with Gasteiger partial charge in [-0.25, -0.2) is 4.85 Å². The molecule has 1 aromatic carbocycles. The number of hydrogen-bond acceptors (Lipinski definition) is 5. The summed E-state index contributed by atoms with van der Waals surface area (Å²) in [5, 5.41) is 9.53. The van der Waals surface area contributed by atoms with E-state index in [0.29, 0.717) is 36.4 Å². The second-order valence-electron chi connectivity index (χ2n) is 8.60. The van der Waals surface area contributed by atoms with Gasteiger partial charge < -0.3 is 20.5 Å². The minimum atomic E-state index is -0.425. The minimum Gasteiger partial charge on any atom is -0.358 e. The Kier molecular flexibility index (Phi) is 7.98. The molecule has 3 N–H and O–H groups in total. The molecular formula is C27H29N7O. The number of nitrogens with one attached hydrogen (secondary N) is 3. The number of carbonyl (C=O) groups excluding carboxylic acids is 1. The van der Waals surface area contributed by atoms with Gasteiger partial charge in [0.05, 0.1) is 13.1 Å². The first kappa shape index (κ1) is 23.8. The van der Waals surface area contributed by atoms with E-state index in [1.165, 1.54) is 6.42 Å². The van der Waals surface area contributed by atoms with Crippen LogP contribution < -0.4 is 16.0 Å². The second-order valence-corrected chi connectivity index (χ2v) is 8.60. The Balaban J connectivity index is 1.55. The highest BCUT2D eigenvalue weighted by Gasteiger charge is 2.30. The van der Waals surface area contributed by atoms with Crippen molar-refractivity contribution in [3.63, 3.8) is 0 Å². The van der Waals surface area contributed by atoms with Crippen LogP contribution in [0.3, 0.4) is 0 Å². The van der Waals surface area contributed by atoms with Gasteiger partial charge in [0, 0.05) is 25.0 Å². The maximum atomic E-state index is 13.4. The number of hydrogen-bond donors (Lipinski definition) is 3. The van der Waals surface area contributed by atoms with E-state index in [2.05, 4.69) is 36.7 Å². The van der Waals surface area contributed by atoms with Gasteiger partial charge in [-0.2, -0.15) is 9.97 Å². The molecule has 2 heterocycles. The molecule has 1 aliphatic carbocycles. The van der Waals surface area contributed by atoms with Crippen molar-refractivity contribution in [3.05, 3.63) is 71.8 Å². The Morgan fingerprint density at radius 3 is 2.60 bits per heavy atom. The van der Waals surface area contributed by atoms with Gasteiger partial charge in [0.1, 0.15) is 17.7 Å². The average Bonchev–Trinajstić information content (AvgIpc) is 3.45. The first-order valence-corrected chi connectivity index (χ1v) is 11.9. The van der Waals surface area contributed by atoms with Crippen molar-refractivity contribution in [3.8, 4) is 18.2 Å². The molecule has 35 heavy (non-hydrogen) atoms. The molecule has 0 radical (unpaired) electrons. The smallest absolute Gasteiger partial charge is 0.243 e. The van der Waals surface area contributed by atoms with Crippen LogP contribution in [0.1, 0.15) is 37.7 Å². The first-order valence-electron chi connectivity index (χ1n) is 11.9. The number of amides is 1. The van der Waals surface area contributed by atoms with E-state index in [0.717, 1.165) is 31.2 Å². The van der Waals surface area contributed by atoms with Gasteiger partial charge in [-0.1, -0.05) is 49.4 Å². The van der Waals surface area contributed by atoms with Crippen LogP contribution in [0.5, 0.6) is 0 Å². The highest BCUT2D eigenvalue weighted by molar-refractivity contribution is 5.84. The molecule has 8 heteroatoms. The van der Waals surface area contributed by atoms with Gasteiger partial charge in [-0.3, -0.25) is 4.79 Å². The van der Waals surface area contributed by atoms with Crippen molar-refractivity contribution in [2.45, 2.75) is 44.7 Å². The molecule has 2 aromatic heterocycles. The fourth-order valence-corrected chi connectivity index (χ4v) is 4.35. The molecule has 0 aliphatic heterocycles. The molecule has 0 saturated heterocycles. The largest absolute Gasteiger partial charge is 0.358 e. The number of nitrogens with zero attached hydrogens (tertiary/aromatic N) is 4. The SMILES string of the molecule is [C-]#[N+]c1ccc(CNC(=O)C(Nc2cc(-n3cccc3)nc(NCC#C)n2)C2CCCCC2)cc1. The number of rotatable bonds is 9. The third-order valence-corrected chi connectivity index (χ3v) is 6.17. The molecule has 4 rings (SSSR count). The highest BCUT2D eigenvalue weighted by Crippen LogP contribution is 2.29. The fraction of sp³-hybridized carbons (Fsp3) is 0.333. The van der Waals surface area contributed by atoms with Crippen LogP contribution in [0.25, 0.3) is 10.7 Å². The van der Waals surface area contributed by atoms with E-state index in [1.54, 1.807) is 12.1 Å². The number of carbonyl (C=O) groups is 1. The summed E-state index contributed by atoms with van der Waals surface area (Å²) in [4.78, 5) is 26.0. The van der Waals surface area contributed by atoms with E-state index in [-0.39, 0.29) is 11.8 Å². The summed E-state index contributed by atoms with van der Waals surface area (Å²) >= 11 is 0. The van der Waals surface area contributed by atoms with Gasteiger partial charge in [-0.05, 0) is 36.5 Å². The summed E-state index contributed by atoms with van der Waals surface area (Å²) in [6, 6.07) is 12.5. The third-order valence-electron chi connectivity index (χ3n) is 6.17. The summed E-state index contributed by atoms with van der Waals surface area (Å²) in [7, 11) is 0. The van der Waals surface area contributed by atoms with Crippen molar-refractivity contribution in [1.82, 2.24) is 19.9 Å². The standard InChI is InChI=1S/C27H29N7O/c1-3-15-29-27-32-23(18-24(33-27)34-16-7-8-17-34)31-25(21-9-5-4-6-10-21)26(35)30-19-20-11-13-22(28-2)14-12-20/h1,7-8,11-14,16-18,21,25H,4-6,9-10,15,19H2,(H,30,35)(H2,29,31,32,33). The molecule has 0 bridgehead atoms. The average molecular weight is 468 g/mol. The first-order chi connectivity index (χ1) is 17.2. The molecule has 1 saturated carbocycles. The Morgan fingerprint density at radius 2 is 1.91 bits per heavy atom. The van der Waals surface area contributed by atoms with Crippen LogP contribution in [0.2, 0.25) is 0 Å². The number of aromatic nitrogens is 3. The van der Waals surface area contributed by atoms with Crippen LogP contribution in [0, 0.1) is 24.8 Å². The van der Waals surface area contributed by atoms with E-state index >= 15 is 0 Å². The van der Waals surface area contributed by atoms with Crippen LogP contribution in [0.15, 0.2) is 54.9 Å². The lowest BCUT2D eigenvalue weighted by Crippen LogP contribution is -2.45. The third kappa shape index (κ3) is 6.39. The van der Waals surface area contributed by atoms with Gasteiger partial charge in [0.15, 0.2) is 5.69 Å². The maximum Gasteiger partial charge on any atom is 0.243 e.